The van der Waals surface area contributed by atoms with E-state index in [0.29, 0.717) is 19.3 Å². The van der Waals surface area contributed by atoms with Crippen molar-refractivity contribution in [1.29, 1.82) is 0 Å². The minimum atomic E-state index is -0.458. The summed E-state index contributed by atoms with van der Waals surface area (Å²) in [7, 11) is 1.32. The van der Waals surface area contributed by atoms with Crippen molar-refractivity contribution >= 4 is 51.8 Å². The van der Waals surface area contributed by atoms with E-state index < -0.39 is 5.97 Å². The highest BCUT2D eigenvalue weighted by molar-refractivity contribution is 14.1. The van der Waals surface area contributed by atoms with Crippen LogP contribution in [0, 0.1) is 3.57 Å². The van der Waals surface area contributed by atoms with Crippen LogP contribution in [0.3, 0.4) is 0 Å². The van der Waals surface area contributed by atoms with Crippen molar-refractivity contribution in [2.24, 2.45) is 0 Å². The molecule has 0 radical (unpaired) electrons. The van der Waals surface area contributed by atoms with E-state index in [2.05, 4.69) is 9.72 Å². The quantitative estimate of drug-likeness (QED) is 0.545. The van der Waals surface area contributed by atoms with Gasteiger partial charge in [0.25, 0.3) is 0 Å². The number of benzene rings is 1. The molecule has 1 heterocycles. The van der Waals surface area contributed by atoms with Gasteiger partial charge in [-0.25, -0.2) is 9.78 Å². The maximum Gasteiger partial charge on any atom is 0.357 e. The Bertz CT molecular complexity index is 626. The predicted octanol–water partition coefficient (Wildman–Crippen LogP) is 4.45. The SMILES string of the molecule is COC(=O)c1ncc(-c2cc(Cl)cc(Cl)c2)cc1I. The molecule has 0 aliphatic carbocycles. The van der Waals surface area contributed by atoms with Gasteiger partial charge < -0.3 is 4.74 Å². The summed E-state index contributed by atoms with van der Waals surface area (Å²) in [6.45, 7) is 0. The molecule has 0 bridgehead atoms. The molecule has 0 spiro atoms. The van der Waals surface area contributed by atoms with Crippen LogP contribution in [-0.2, 0) is 4.74 Å². The number of hydrogen-bond acceptors (Lipinski definition) is 3. The number of carbonyl (C=O) groups is 1. The maximum absolute atomic E-state index is 11.5. The van der Waals surface area contributed by atoms with E-state index in [9.17, 15) is 4.79 Å². The fourth-order valence-electron chi connectivity index (χ4n) is 1.56. The number of ether oxygens (including phenoxy) is 1. The van der Waals surface area contributed by atoms with E-state index in [1.807, 2.05) is 28.7 Å². The standard InChI is InChI=1S/C13H8Cl2INO2/c1-19-13(18)12-11(16)4-8(6-17-12)7-2-9(14)5-10(15)3-7/h2-6H,1H3. The molecule has 98 valence electrons. The van der Waals surface area contributed by atoms with Gasteiger partial charge in [-0.2, -0.15) is 0 Å². The number of pyridine rings is 1. The molecule has 0 saturated carbocycles. The van der Waals surface area contributed by atoms with Crippen LogP contribution in [0.4, 0.5) is 0 Å². The first kappa shape index (κ1) is 14.6. The zero-order valence-electron chi connectivity index (χ0n) is 9.78. The lowest BCUT2D eigenvalue weighted by Crippen LogP contribution is -2.06. The van der Waals surface area contributed by atoms with Crippen molar-refractivity contribution < 1.29 is 9.53 Å². The Balaban J connectivity index is 2.47. The molecule has 0 amide bonds. The number of hydrogen-bond donors (Lipinski definition) is 0. The first-order valence-corrected chi connectivity index (χ1v) is 7.05. The van der Waals surface area contributed by atoms with Crippen LogP contribution < -0.4 is 0 Å². The average molecular weight is 408 g/mol. The molecule has 0 fully saturated rings. The molecule has 0 unspecified atom stereocenters. The highest BCUT2D eigenvalue weighted by Crippen LogP contribution is 2.28. The second-order valence-electron chi connectivity index (χ2n) is 3.70. The molecule has 1 aromatic heterocycles. The zero-order chi connectivity index (χ0) is 14.0. The topological polar surface area (TPSA) is 39.2 Å². The van der Waals surface area contributed by atoms with Gasteiger partial charge in [-0.05, 0) is 52.4 Å². The smallest absolute Gasteiger partial charge is 0.357 e. The Morgan fingerprint density at radius 2 is 1.79 bits per heavy atom. The monoisotopic (exact) mass is 407 g/mol. The van der Waals surface area contributed by atoms with Crippen LogP contribution >= 0.6 is 45.8 Å². The molecule has 3 nitrogen and oxygen atoms in total. The molecule has 2 rings (SSSR count). The summed E-state index contributed by atoms with van der Waals surface area (Å²) >= 11 is 14.0. The number of carbonyl (C=O) groups excluding carboxylic acids is 1. The summed E-state index contributed by atoms with van der Waals surface area (Å²) < 4.78 is 5.36. The summed E-state index contributed by atoms with van der Waals surface area (Å²) in [5.41, 5.74) is 1.97. The van der Waals surface area contributed by atoms with Crippen LogP contribution in [0.2, 0.25) is 10.0 Å². The Morgan fingerprint density at radius 3 is 2.32 bits per heavy atom. The highest BCUT2D eigenvalue weighted by atomic mass is 127. The Hall–Kier alpha value is -0.850. The van der Waals surface area contributed by atoms with Gasteiger partial charge in [-0.15, -0.1) is 0 Å². The van der Waals surface area contributed by atoms with Gasteiger partial charge in [0.15, 0.2) is 5.69 Å². The van der Waals surface area contributed by atoms with E-state index >= 15 is 0 Å². The van der Waals surface area contributed by atoms with E-state index in [0.717, 1.165) is 11.1 Å². The normalized spacial score (nSPS) is 10.3. The van der Waals surface area contributed by atoms with Crippen LogP contribution in [0.15, 0.2) is 30.5 Å². The third-order valence-corrected chi connectivity index (χ3v) is 3.67. The summed E-state index contributed by atoms with van der Waals surface area (Å²) in [5.74, 6) is -0.458. The summed E-state index contributed by atoms with van der Waals surface area (Å²) in [6, 6.07) is 7.08. The van der Waals surface area contributed by atoms with Gasteiger partial charge in [0.05, 0.1) is 7.11 Å². The average Bonchev–Trinajstić information content (AvgIpc) is 2.36. The van der Waals surface area contributed by atoms with E-state index in [-0.39, 0.29) is 0 Å². The third kappa shape index (κ3) is 3.38. The number of methoxy groups -OCH3 is 1. The van der Waals surface area contributed by atoms with Gasteiger partial charge in [0.2, 0.25) is 0 Å². The van der Waals surface area contributed by atoms with Crippen molar-refractivity contribution in [1.82, 2.24) is 4.98 Å². The van der Waals surface area contributed by atoms with Crippen molar-refractivity contribution in [2.45, 2.75) is 0 Å². The van der Waals surface area contributed by atoms with Crippen LogP contribution in [0.25, 0.3) is 11.1 Å². The van der Waals surface area contributed by atoms with Crippen LogP contribution in [0.1, 0.15) is 10.5 Å². The highest BCUT2D eigenvalue weighted by Gasteiger charge is 2.13. The van der Waals surface area contributed by atoms with Gasteiger partial charge in [0.1, 0.15) is 0 Å². The number of halogens is 3. The summed E-state index contributed by atoms with van der Waals surface area (Å²) in [6.07, 6.45) is 1.59. The fraction of sp³-hybridized carbons (Fsp3) is 0.0769. The first-order valence-electron chi connectivity index (χ1n) is 5.21. The van der Waals surface area contributed by atoms with E-state index in [1.54, 1.807) is 24.4 Å². The third-order valence-electron chi connectivity index (χ3n) is 2.42. The molecule has 0 atom stereocenters. The molecule has 1 aromatic carbocycles. The second kappa shape index (κ2) is 6.07. The van der Waals surface area contributed by atoms with Crippen molar-refractivity contribution in [2.75, 3.05) is 7.11 Å². The molecular formula is C13H8Cl2INO2. The number of rotatable bonds is 2. The largest absolute Gasteiger partial charge is 0.464 e. The van der Waals surface area contributed by atoms with Crippen molar-refractivity contribution in [3.05, 3.63) is 49.8 Å². The lowest BCUT2D eigenvalue weighted by molar-refractivity contribution is 0.0593. The second-order valence-corrected chi connectivity index (χ2v) is 5.74. The summed E-state index contributed by atoms with van der Waals surface area (Å²) in [4.78, 5) is 15.6. The molecule has 6 heteroatoms. The van der Waals surface area contributed by atoms with Gasteiger partial charge in [-0.1, -0.05) is 23.2 Å². The minimum Gasteiger partial charge on any atom is -0.464 e. The van der Waals surface area contributed by atoms with Crippen LogP contribution in [-0.4, -0.2) is 18.1 Å². The molecular weight excluding hydrogens is 400 g/mol. The fourth-order valence-corrected chi connectivity index (χ4v) is 2.78. The van der Waals surface area contributed by atoms with Gasteiger partial charge >= 0.3 is 5.97 Å². The predicted molar refractivity (Wildman–Crippen MR) is 83.7 cm³/mol. The lowest BCUT2D eigenvalue weighted by Gasteiger charge is -2.06. The molecule has 0 N–H and O–H groups in total. The first-order chi connectivity index (χ1) is 9.01. The lowest BCUT2D eigenvalue weighted by atomic mass is 10.1. The van der Waals surface area contributed by atoms with Crippen LogP contribution in [0.5, 0.6) is 0 Å². The Labute approximate surface area is 134 Å². The van der Waals surface area contributed by atoms with E-state index in [1.165, 1.54) is 7.11 Å². The zero-order valence-corrected chi connectivity index (χ0v) is 13.5. The molecule has 19 heavy (non-hydrogen) atoms. The summed E-state index contributed by atoms with van der Waals surface area (Å²) in [5, 5.41) is 1.10. The molecule has 2 aromatic rings. The molecule has 0 aliphatic heterocycles. The Kier molecular flexibility index (Phi) is 4.65. The van der Waals surface area contributed by atoms with Crippen molar-refractivity contribution in [3.8, 4) is 11.1 Å². The molecule has 0 saturated heterocycles. The van der Waals surface area contributed by atoms with Gasteiger partial charge in [0, 0.05) is 25.4 Å². The van der Waals surface area contributed by atoms with Crippen molar-refractivity contribution in [3.63, 3.8) is 0 Å². The number of nitrogens with zero attached hydrogens (tertiary/aromatic N) is 1. The molecule has 0 aliphatic rings. The maximum atomic E-state index is 11.5. The van der Waals surface area contributed by atoms with Gasteiger partial charge in [-0.3, -0.25) is 0 Å². The number of aromatic nitrogens is 1. The number of esters is 1. The van der Waals surface area contributed by atoms with E-state index in [4.69, 9.17) is 23.2 Å². The Morgan fingerprint density at radius 1 is 1.16 bits per heavy atom. The minimum absolute atomic E-state index is 0.292.